The van der Waals surface area contributed by atoms with E-state index in [-0.39, 0.29) is 67.9 Å². The van der Waals surface area contributed by atoms with Gasteiger partial charge in [0, 0.05) is 0 Å². The molecular formula is C40H51N20O28P5. The third-order valence-electron chi connectivity index (χ3n) is 14.5. The summed E-state index contributed by atoms with van der Waals surface area (Å²) in [5.74, 6) is -0.560. The van der Waals surface area contributed by atoms with Gasteiger partial charge >= 0.3 is 39.1 Å². The highest BCUT2D eigenvalue weighted by molar-refractivity contribution is 7.48. The molecule has 3 unspecified atom stereocenters. The van der Waals surface area contributed by atoms with Crippen LogP contribution < -0.4 is 22.9 Å². The van der Waals surface area contributed by atoms with Gasteiger partial charge in [-0.2, -0.15) is 0 Å². The monoisotopic (exact) mass is 1410 g/mol. The van der Waals surface area contributed by atoms with E-state index in [0.29, 0.717) is 0 Å². The van der Waals surface area contributed by atoms with Crippen molar-refractivity contribution in [1.29, 1.82) is 0 Å². The van der Waals surface area contributed by atoms with Crippen LogP contribution in [0.15, 0.2) is 50.6 Å². The largest absolute Gasteiger partial charge is 0.472 e. The number of fused-ring (bicyclic) bond motifs is 4. The van der Waals surface area contributed by atoms with Crippen molar-refractivity contribution in [1.82, 2.24) is 78.1 Å². The van der Waals surface area contributed by atoms with Gasteiger partial charge in [0.2, 0.25) is 0 Å². The van der Waals surface area contributed by atoms with Crippen molar-refractivity contribution in [2.45, 2.75) is 98.2 Å². The first kappa shape index (κ1) is 66.6. The summed E-state index contributed by atoms with van der Waals surface area (Å²) in [4.78, 5) is 120. The maximum absolute atomic E-state index is 14.2. The van der Waals surface area contributed by atoms with Crippen LogP contribution in [0, 0.1) is 0 Å². The van der Waals surface area contributed by atoms with E-state index in [2.05, 4.69) is 64.3 Å². The van der Waals surface area contributed by atoms with E-state index < -0.39 is 164 Å². The zero-order valence-corrected chi connectivity index (χ0v) is 50.7. The molecule has 12 heterocycles. The lowest BCUT2D eigenvalue weighted by Gasteiger charge is -2.25. The van der Waals surface area contributed by atoms with Crippen molar-refractivity contribution in [3.63, 3.8) is 0 Å². The highest BCUT2D eigenvalue weighted by atomic mass is 31.2. The number of rotatable bonds is 24. The topological polar surface area (TPSA) is 697 Å². The predicted octanol–water partition coefficient (Wildman–Crippen LogP) is -4.20. The maximum atomic E-state index is 14.2. The number of nitrogens with two attached hydrogens (primary N) is 4. The second-order valence-corrected chi connectivity index (χ2v) is 27.1. The second kappa shape index (κ2) is 25.3. The van der Waals surface area contributed by atoms with Crippen LogP contribution in [-0.2, 0) is 78.0 Å². The fourth-order valence-corrected chi connectivity index (χ4v) is 14.1. The van der Waals surface area contributed by atoms with Gasteiger partial charge in [-0.15, -0.1) is 0 Å². The number of aliphatic hydroxyl groups excluding tert-OH is 4. The van der Waals surface area contributed by atoms with E-state index >= 15 is 0 Å². The highest BCUT2D eigenvalue weighted by Gasteiger charge is 2.56. The molecule has 53 heteroatoms. The minimum atomic E-state index is -5.68. The summed E-state index contributed by atoms with van der Waals surface area (Å²) in [6.07, 6.45) is -22.3. The lowest BCUT2D eigenvalue weighted by atomic mass is 10.1. The lowest BCUT2D eigenvalue weighted by molar-refractivity contribution is -0.0655. The van der Waals surface area contributed by atoms with Gasteiger partial charge in [-0.25, -0.2) is 82.6 Å². The summed E-state index contributed by atoms with van der Waals surface area (Å²) >= 11 is 0. The number of hydrogen-bond donors (Lipinski definition) is 15. The normalized spacial score (nSPS) is 30.7. The van der Waals surface area contributed by atoms with Gasteiger partial charge in [-0.1, -0.05) is 0 Å². The van der Waals surface area contributed by atoms with Crippen LogP contribution in [-0.4, -0.2) is 232 Å². The Hall–Kier alpha value is -6.37. The maximum Gasteiger partial charge on any atom is 0.472 e. The molecule has 4 saturated heterocycles. The third kappa shape index (κ3) is 13.6. The first-order valence-electron chi connectivity index (χ1n) is 26.3. The number of nitrogens with zero attached hydrogens (tertiary/aromatic N) is 16. The van der Waals surface area contributed by atoms with Gasteiger partial charge in [0.15, 0.2) is 70.8 Å². The summed E-state index contributed by atoms with van der Waals surface area (Å²) in [5.41, 5.74) is 23.4. The van der Waals surface area contributed by atoms with Crippen LogP contribution >= 0.6 is 39.1 Å². The van der Waals surface area contributed by atoms with Crippen LogP contribution in [0.2, 0.25) is 0 Å². The average Bonchev–Trinajstić information content (AvgIpc) is 1.65. The minimum Gasteiger partial charge on any atom is -0.387 e. The van der Waals surface area contributed by atoms with Gasteiger partial charge in [-0.05, 0) is 0 Å². The minimum absolute atomic E-state index is 0.000116. The van der Waals surface area contributed by atoms with Crippen LogP contribution in [0.4, 0.5) is 23.3 Å². The Morgan fingerprint density at radius 1 is 0.355 bits per heavy atom. The Morgan fingerprint density at radius 3 is 0.828 bits per heavy atom. The van der Waals surface area contributed by atoms with Crippen molar-refractivity contribution >= 4 is 107 Å². The van der Waals surface area contributed by atoms with E-state index in [4.69, 9.17) is 73.5 Å². The number of hydrogen-bond acceptors (Lipinski definition) is 37. The number of anilines is 4. The Bertz CT molecular complexity index is 4350. The van der Waals surface area contributed by atoms with E-state index in [9.17, 15) is 77.5 Å². The molecule has 0 spiro atoms. The Morgan fingerprint density at radius 2 is 0.591 bits per heavy atom. The molecule has 4 fully saturated rings. The molecule has 4 aliphatic rings. The van der Waals surface area contributed by atoms with E-state index in [1.165, 1.54) is 0 Å². The van der Waals surface area contributed by atoms with Gasteiger partial charge in [-0.3, -0.25) is 54.5 Å². The SMILES string of the molecule is Nc1ncnc2c1ncn2[C@@H]1O[C@H](COP(=O)(O)O)[C@H](O)[C@H]1OP(=O)(O)OC[C@H]1O[C@@H](n2cnc3c(N)ncnc32)[C@H](OP(=O)(O)OC[C@H]2O[C@@H](n3cnc4c(N)ncnc43)[C@H](OP(=O)(O)OC[C@H]3O[C@@H](n4cnc5c(N)ncnc54)[C@H](OP(=O)(O)O)[C@@H]3O)[C@H]2O)[C@@H]1O. The van der Waals surface area contributed by atoms with Crippen molar-refractivity contribution in [2.75, 3.05) is 49.4 Å². The zero-order valence-electron chi connectivity index (χ0n) is 46.2. The van der Waals surface area contributed by atoms with Crippen LogP contribution in [0.3, 0.4) is 0 Å². The van der Waals surface area contributed by atoms with Gasteiger partial charge in [0.05, 0.1) is 51.7 Å². The molecule has 93 heavy (non-hydrogen) atoms. The van der Waals surface area contributed by atoms with Crippen LogP contribution in [0.25, 0.3) is 44.7 Å². The standard InChI is InChI=1S/C40H51N20O28P5/c41-29-17-33(49-5-45-29)57(9-53-17)37-25(85-90(68,69)70)21(61)14(82-37)2-78-91(71,72)87-27-23(63)16(84-39(27)59-11-55-19-31(43)47-7-51-35(19)59)4-80-93(75,76)88-28-24(64)15(83-40(28)60-12-56-20-32(44)48-8-52-36(20)60)3-79-92(73,74)86-26-22(62)13(1-77-89(65,66)67)81-38(26)58-10-54-18-30(42)46-6-50-34(18)58/h5-16,21-28,37-40,61-64H,1-4H2,(H,71,72)(H,73,74)(H,75,76)(H2,41,45,49)(H2,42,46,50)(H2,43,47,51)(H2,44,48,52)(H2,65,66,67)(H2,68,69,70)/t13-,14-,15-,16-,21-,22+,23+,24-,25-,26-,27-,28-,37-,38-,39-,40-/m1/s1. The molecule has 0 radical (unpaired) electrons. The quantitative estimate of drug-likeness (QED) is 0.0255. The van der Waals surface area contributed by atoms with Crippen LogP contribution in [0.1, 0.15) is 24.9 Å². The van der Waals surface area contributed by atoms with E-state index in [0.717, 1.165) is 68.9 Å². The molecule has 0 aromatic carbocycles. The number of aromatic nitrogens is 16. The number of nitrogen functional groups attached to an aromatic ring is 4. The van der Waals surface area contributed by atoms with Crippen molar-refractivity contribution in [3.8, 4) is 0 Å². The van der Waals surface area contributed by atoms with Gasteiger partial charge in [0.25, 0.3) is 0 Å². The number of ether oxygens (including phenoxy) is 4. The third-order valence-corrected chi connectivity index (χ3v) is 18.5. The van der Waals surface area contributed by atoms with E-state index in [1.54, 1.807) is 0 Å². The molecular weight excluding hydrogens is 1360 g/mol. The molecule has 19 N–H and O–H groups in total. The van der Waals surface area contributed by atoms with E-state index in [1.807, 2.05) is 0 Å². The summed E-state index contributed by atoms with van der Waals surface area (Å²) < 4.78 is 135. The number of imidazole rings is 4. The van der Waals surface area contributed by atoms with Crippen molar-refractivity contribution in [2.24, 2.45) is 0 Å². The molecule has 0 bridgehead atoms. The number of aliphatic hydroxyl groups is 4. The van der Waals surface area contributed by atoms with Gasteiger partial charge < -0.3 is 96.6 Å². The Labute approximate surface area is 514 Å². The summed E-state index contributed by atoms with van der Waals surface area (Å²) in [7, 11) is -27.4. The summed E-state index contributed by atoms with van der Waals surface area (Å²) in [6, 6.07) is 0. The van der Waals surface area contributed by atoms with Gasteiger partial charge in [0.1, 0.15) is 121 Å². The predicted molar refractivity (Wildman–Crippen MR) is 295 cm³/mol. The second-order valence-electron chi connectivity index (χ2n) is 20.4. The zero-order chi connectivity index (χ0) is 66.4. The number of phosphoric acid groups is 5. The molecule has 0 saturated carbocycles. The van der Waals surface area contributed by atoms with Crippen LogP contribution in [0.5, 0.6) is 0 Å². The first-order valence-corrected chi connectivity index (χ1v) is 33.9. The number of phosphoric ester groups is 5. The Kier molecular flexibility index (Phi) is 18.1. The molecule has 8 aromatic heterocycles. The lowest BCUT2D eigenvalue weighted by Crippen LogP contribution is -2.37. The Balaban J connectivity index is 0.757. The summed E-state index contributed by atoms with van der Waals surface area (Å²) in [6.45, 7) is -4.43. The molecule has 19 atom stereocenters. The summed E-state index contributed by atoms with van der Waals surface area (Å²) in [5, 5.41) is 46.3. The average molecular weight is 1410 g/mol. The molecule has 0 aliphatic carbocycles. The fourth-order valence-electron chi connectivity index (χ4n) is 10.4. The molecule has 12 rings (SSSR count). The first-order chi connectivity index (χ1) is 43.8. The smallest absolute Gasteiger partial charge is 0.387 e. The molecule has 504 valence electrons. The molecule has 0 amide bonds. The highest BCUT2D eigenvalue weighted by Crippen LogP contribution is 2.55. The molecule has 48 nitrogen and oxygen atoms in total. The molecule has 8 aromatic rings. The fraction of sp³-hybridized carbons (Fsp3) is 0.500. The molecule has 4 aliphatic heterocycles. The van der Waals surface area contributed by atoms with Crippen molar-refractivity contribution < 1.29 is 133 Å². The van der Waals surface area contributed by atoms with Crippen molar-refractivity contribution in [3.05, 3.63) is 50.6 Å².